The quantitative estimate of drug-likeness (QED) is 0.622. The number of ether oxygens (including phenoxy) is 3. The molecule has 0 aliphatic carbocycles. The van der Waals surface area contributed by atoms with Crippen molar-refractivity contribution in [2.24, 2.45) is 7.05 Å². The second-order valence-corrected chi connectivity index (χ2v) is 9.22. The van der Waals surface area contributed by atoms with Gasteiger partial charge in [-0.2, -0.15) is 0 Å². The van der Waals surface area contributed by atoms with Gasteiger partial charge in [0.2, 0.25) is 0 Å². The average molecular weight is 465 g/mol. The molecule has 0 bridgehead atoms. The summed E-state index contributed by atoms with van der Waals surface area (Å²) in [5, 5.41) is 4.93. The number of fused-ring (bicyclic) bond motifs is 1. The van der Waals surface area contributed by atoms with Crippen LogP contribution in [-0.2, 0) is 18.3 Å². The molecule has 3 aromatic rings. The highest BCUT2D eigenvalue weighted by atomic mass is 16.5. The Kier molecular flexibility index (Phi) is 6.29. The summed E-state index contributed by atoms with van der Waals surface area (Å²) in [7, 11) is 5.14. The average Bonchev–Trinajstić information content (AvgIpc) is 2.88. The minimum Gasteiger partial charge on any atom is -0.496 e. The first-order valence-electron chi connectivity index (χ1n) is 11.8. The number of hydrogen-bond donors (Lipinski definition) is 1. The first-order chi connectivity index (χ1) is 16.5. The maximum absolute atomic E-state index is 12.6. The molecule has 2 aliphatic rings. The number of aromatic nitrogens is 2. The van der Waals surface area contributed by atoms with Gasteiger partial charge in [-0.1, -0.05) is 0 Å². The molecule has 0 saturated carbocycles. The molecule has 8 nitrogen and oxygen atoms in total. The van der Waals surface area contributed by atoms with E-state index in [4.69, 9.17) is 14.2 Å². The Hall–Kier alpha value is -2.94. The zero-order chi connectivity index (χ0) is 23.7. The van der Waals surface area contributed by atoms with Gasteiger partial charge in [-0.25, -0.2) is 0 Å². The van der Waals surface area contributed by atoms with Gasteiger partial charge in [0.1, 0.15) is 11.5 Å². The van der Waals surface area contributed by atoms with Gasteiger partial charge in [0.15, 0.2) is 0 Å². The van der Waals surface area contributed by atoms with E-state index in [0.29, 0.717) is 5.39 Å². The summed E-state index contributed by atoms with van der Waals surface area (Å²) >= 11 is 0. The summed E-state index contributed by atoms with van der Waals surface area (Å²) < 4.78 is 19.4. The highest BCUT2D eigenvalue weighted by Crippen LogP contribution is 2.38. The molecule has 0 radical (unpaired) electrons. The van der Waals surface area contributed by atoms with Crippen molar-refractivity contribution in [3.05, 3.63) is 52.7 Å². The molecule has 1 N–H and O–H groups in total. The summed E-state index contributed by atoms with van der Waals surface area (Å²) in [6.07, 6.45) is 7.23. The normalized spacial score (nSPS) is 18.3. The first kappa shape index (κ1) is 22.8. The fraction of sp³-hybridized carbons (Fsp3) is 0.462. The Morgan fingerprint density at radius 2 is 1.88 bits per heavy atom. The zero-order valence-electron chi connectivity index (χ0n) is 20.1. The first-order valence-corrected chi connectivity index (χ1v) is 11.8. The van der Waals surface area contributed by atoms with Crippen molar-refractivity contribution in [3.8, 4) is 22.6 Å². The maximum atomic E-state index is 12.6. The molecular weight excluding hydrogens is 432 g/mol. The predicted molar refractivity (Wildman–Crippen MR) is 132 cm³/mol. The molecule has 0 unspecified atom stereocenters. The lowest BCUT2D eigenvalue weighted by Crippen LogP contribution is -2.55. The number of aryl methyl sites for hydroxylation is 1. The van der Waals surface area contributed by atoms with Crippen molar-refractivity contribution in [2.75, 3.05) is 47.0 Å². The second kappa shape index (κ2) is 9.37. The standard InChI is InChI=1S/C26H32N4O4/c1-29-15-21(19-4-7-27-14-20(19)25(29)31)18-12-23(32-2)22(24(13-18)33-3)16-30-9-5-26(6-10-30)17-28-8-11-34-26/h4,7,12-15,28H,5-6,8-11,16-17H2,1-3H3. The van der Waals surface area contributed by atoms with E-state index in [1.807, 2.05) is 24.4 Å². The van der Waals surface area contributed by atoms with Crippen LogP contribution in [0.3, 0.4) is 0 Å². The van der Waals surface area contributed by atoms with E-state index >= 15 is 0 Å². The molecule has 4 heterocycles. The van der Waals surface area contributed by atoms with Crippen molar-refractivity contribution in [1.82, 2.24) is 19.8 Å². The molecule has 2 saturated heterocycles. The molecule has 180 valence electrons. The molecule has 5 rings (SSSR count). The molecule has 0 atom stereocenters. The van der Waals surface area contributed by atoms with Crippen LogP contribution in [0.25, 0.3) is 21.9 Å². The van der Waals surface area contributed by atoms with E-state index in [-0.39, 0.29) is 11.2 Å². The summed E-state index contributed by atoms with van der Waals surface area (Å²) in [6.45, 7) is 5.34. The monoisotopic (exact) mass is 464 g/mol. The van der Waals surface area contributed by atoms with Crippen LogP contribution in [0.2, 0.25) is 0 Å². The van der Waals surface area contributed by atoms with E-state index in [1.165, 1.54) is 0 Å². The Labute approximate surface area is 199 Å². The number of morpholine rings is 1. The fourth-order valence-corrected chi connectivity index (χ4v) is 5.21. The van der Waals surface area contributed by atoms with Crippen LogP contribution in [0, 0.1) is 0 Å². The Morgan fingerprint density at radius 3 is 2.53 bits per heavy atom. The van der Waals surface area contributed by atoms with Crippen LogP contribution >= 0.6 is 0 Å². The number of likely N-dealkylation sites (tertiary alicyclic amines) is 1. The molecule has 8 heteroatoms. The highest BCUT2D eigenvalue weighted by molar-refractivity contribution is 5.95. The number of benzene rings is 1. The fourth-order valence-electron chi connectivity index (χ4n) is 5.21. The minimum atomic E-state index is -0.0672. The number of hydrogen-bond acceptors (Lipinski definition) is 7. The van der Waals surface area contributed by atoms with Crippen molar-refractivity contribution in [3.63, 3.8) is 0 Å². The van der Waals surface area contributed by atoms with Crippen LogP contribution in [0.4, 0.5) is 0 Å². The lowest BCUT2D eigenvalue weighted by atomic mass is 9.89. The summed E-state index contributed by atoms with van der Waals surface area (Å²) in [4.78, 5) is 19.2. The molecular formula is C26H32N4O4. The van der Waals surface area contributed by atoms with Crippen molar-refractivity contribution in [2.45, 2.75) is 25.0 Å². The van der Waals surface area contributed by atoms with Gasteiger partial charge in [-0.3, -0.25) is 14.7 Å². The third-order valence-corrected chi connectivity index (χ3v) is 7.19. The van der Waals surface area contributed by atoms with Gasteiger partial charge >= 0.3 is 0 Å². The van der Waals surface area contributed by atoms with E-state index in [2.05, 4.69) is 15.2 Å². The van der Waals surface area contributed by atoms with Crippen molar-refractivity contribution < 1.29 is 14.2 Å². The molecule has 34 heavy (non-hydrogen) atoms. The second-order valence-electron chi connectivity index (χ2n) is 9.22. The van der Waals surface area contributed by atoms with E-state index < -0.39 is 0 Å². The number of rotatable bonds is 5. The number of methoxy groups -OCH3 is 2. The molecule has 1 spiro atoms. The summed E-state index contributed by atoms with van der Waals surface area (Å²) in [5.74, 6) is 1.56. The summed E-state index contributed by atoms with van der Waals surface area (Å²) in [6, 6.07) is 5.96. The number of pyridine rings is 2. The number of nitrogens with one attached hydrogen (secondary N) is 1. The Morgan fingerprint density at radius 1 is 1.15 bits per heavy atom. The minimum absolute atomic E-state index is 0.0219. The third kappa shape index (κ3) is 4.17. The van der Waals surface area contributed by atoms with E-state index in [1.54, 1.807) is 38.2 Å². The highest BCUT2D eigenvalue weighted by Gasteiger charge is 2.37. The number of piperidine rings is 1. The topological polar surface area (TPSA) is 77.9 Å². The van der Waals surface area contributed by atoms with Crippen LogP contribution in [0.15, 0.2) is 41.6 Å². The molecule has 0 amide bonds. The van der Waals surface area contributed by atoms with Crippen molar-refractivity contribution >= 4 is 10.8 Å². The lowest BCUT2D eigenvalue weighted by Gasteiger charge is -2.44. The van der Waals surface area contributed by atoms with Crippen LogP contribution in [0.1, 0.15) is 18.4 Å². The van der Waals surface area contributed by atoms with Crippen molar-refractivity contribution in [1.29, 1.82) is 0 Å². The SMILES string of the molecule is COc1cc(-c2cn(C)c(=O)c3cnccc23)cc(OC)c1CN1CCC2(CC1)CNCCO2. The molecule has 2 fully saturated rings. The Bertz CT molecular complexity index is 1210. The van der Waals surface area contributed by atoms with Crippen LogP contribution < -0.4 is 20.3 Å². The third-order valence-electron chi connectivity index (χ3n) is 7.19. The largest absolute Gasteiger partial charge is 0.496 e. The number of nitrogens with zero attached hydrogens (tertiary/aromatic N) is 3. The van der Waals surface area contributed by atoms with Gasteiger partial charge < -0.3 is 24.1 Å². The zero-order valence-corrected chi connectivity index (χ0v) is 20.1. The van der Waals surface area contributed by atoms with Gasteiger partial charge in [-0.15, -0.1) is 0 Å². The predicted octanol–water partition coefficient (Wildman–Crippen LogP) is 2.57. The van der Waals surface area contributed by atoms with Gasteiger partial charge in [0.25, 0.3) is 5.56 Å². The molecule has 2 aliphatic heterocycles. The van der Waals surface area contributed by atoms with E-state index in [9.17, 15) is 4.79 Å². The van der Waals surface area contributed by atoms with Gasteiger partial charge in [0.05, 0.1) is 37.4 Å². The smallest absolute Gasteiger partial charge is 0.259 e. The van der Waals surface area contributed by atoms with Crippen LogP contribution in [0.5, 0.6) is 11.5 Å². The van der Waals surface area contributed by atoms with E-state index in [0.717, 1.165) is 85.7 Å². The lowest BCUT2D eigenvalue weighted by molar-refractivity contribution is -0.101. The molecule has 2 aromatic heterocycles. The van der Waals surface area contributed by atoms with Gasteiger partial charge in [0, 0.05) is 63.9 Å². The maximum Gasteiger partial charge on any atom is 0.259 e. The van der Waals surface area contributed by atoms with Crippen LogP contribution in [-0.4, -0.2) is 67.1 Å². The summed E-state index contributed by atoms with van der Waals surface area (Å²) in [5.41, 5.74) is 2.81. The Balaban J connectivity index is 1.47. The molecule has 1 aromatic carbocycles. The van der Waals surface area contributed by atoms with Gasteiger partial charge in [-0.05, 0) is 42.0 Å².